The maximum Gasteiger partial charge on any atom is 0.357 e. The van der Waals surface area contributed by atoms with Crippen LogP contribution in [0.2, 0.25) is 0 Å². The smallest absolute Gasteiger partial charge is 0.357 e. The number of hydrogen-bond acceptors (Lipinski definition) is 3. The summed E-state index contributed by atoms with van der Waals surface area (Å²) in [6.07, 6.45) is 0. The summed E-state index contributed by atoms with van der Waals surface area (Å²) in [4.78, 5) is 12.5. The quantitative estimate of drug-likeness (QED) is 0.690. The van der Waals surface area contributed by atoms with Crippen molar-refractivity contribution in [3.8, 4) is 5.69 Å². The van der Waals surface area contributed by atoms with Crippen LogP contribution in [0.4, 0.5) is 0 Å². The average molecular weight is 294 g/mol. The molecule has 0 amide bonds. The molecule has 0 spiro atoms. The molecule has 22 heavy (non-hydrogen) atoms. The molecular weight excluding hydrogens is 276 g/mol. The van der Waals surface area contributed by atoms with E-state index in [4.69, 9.17) is 4.74 Å². The highest BCUT2D eigenvalue weighted by atomic mass is 16.5. The maximum absolute atomic E-state index is 12.5. The molecule has 1 aromatic heterocycles. The van der Waals surface area contributed by atoms with Gasteiger partial charge in [0, 0.05) is 5.39 Å². The van der Waals surface area contributed by atoms with Gasteiger partial charge in [0.1, 0.15) is 0 Å². The number of nitrogens with zero attached hydrogens (tertiary/aromatic N) is 2. The number of para-hydroxylation sites is 1. The van der Waals surface area contributed by atoms with E-state index < -0.39 is 0 Å². The Morgan fingerprint density at radius 2 is 1.82 bits per heavy atom. The van der Waals surface area contributed by atoms with Crippen molar-refractivity contribution in [1.29, 1.82) is 0 Å². The highest BCUT2D eigenvalue weighted by Crippen LogP contribution is 2.26. The minimum Gasteiger partial charge on any atom is -0.461 e. The van der Waals surface area contributed by atoms with Crippen molar-refractivity contribution in [2.45, 2.75) is 20.8 Å². The van der Waals surface area contributed by atoms with Crippen molar-refractivity contribution in [3.05, 3.63) is 59.3 Å². The van der Waals surface area contributed by atoms with Gasteiger partial charge < -0.3 is 4.74 Å². The lowest BCUT2D eigenvalue weighted by Crippen LogP contribution is -2.13. The van der Waals surface area contributed by atoms with Crippen molar-refractivity contribution in [2.75, 3.05) is 6.61 Å². The standard InChI is InChI=1S/C18H18N2O2/c1-4-22-18(21)17-14-10-7-9-13(3)16(14)19-20(17)15-11-6-5-8-12(15)2/h5-11H,4H2,1-3H3. The number of carbonyl (C=O) groups excluding carboxylic acids is 1. The van der Waals surface area contributed by atoms with Gasteiger partial charge in [-0.1, -0.05) is 36.4 Å². The molecule has 0 N–H and O–H groups in total. The second kappa shape index (κ2) is 5.64. The molecule has 3 rings (SSSR count). The molecule has 0 saturated heterocycles. The first-order valence-electron chi connectivity index (χ1n) is 7.35. The highest BCUT2D eigenvalue weighted by molar-refractivity contribution is 6.03. The van der Waals surface area contributed by atoms with Gasteiger partial charge >= 0.3 is 5.97 Å². The lowest BCUT2D eigenvalue weighted by atomic mass is 10.1. The summed E-state index contributed by atoms with van der Waals surface area (Å²) < 4.78 is 6.94. The molecule has 4 heteroatoms. The van der Waals surface area contributed by atoms with Crippen LogP contribution in [0.5, 0.6) is 0 Å². The molecule has 1 heterocycles. The average Bonchev–Trinajstić information content (AvgIpc) is 2.88. The Labute approximate surface area is 129 Å². The van der Waals surface area contributed by atoms with Gasteiger partial charge in [-0.05, 0) is 38.0 Å². The fraction of sp³-hybridized carbons (Fsp3) is 0.222. The minimum absolute atomic E-state index is 0.338. The zero-order valence-corrected chi connectivity index (χ0v) is 13.0. The summed E-state index contributed by atoms with van der Waals surface area (Å²) in [6.45, 7) is 6.14. The van der Waals surface area contributed by atoms with E-state index in [0.717, 1.165) is 27.7 Å². The van der Waals surface area contributed by atoms with Crippen molar-refractivity contribution in [1.82, 2.24) is 9.78 Å². The van der Waals surface area contributed by atoms with Crippen LogP contribution in [0, 0.1) is 13.8 Å². The zero-order valence-electron chi connectivity index (χ0n) is 13.0. The number of rotatable bonds is 3. The molecule has 0 fully saturated rings. The summed E-state index contributed by atoms with van der Waals surface area (Å²) in [5, 5.41) is 5.48. The topological polar surface area (TPSA) is 44.1 Å². The van der Waals surface area contributed by atoms with Crippen LogP contribution >= 0.6 is 0 Å². The fourth-order valence-electron chi connectivity index (χ4n) is 2.62. The van der Waals surface area contributed by atoms with Gasteiger partial charge in [0.05, 0.1) is 17.8 Å². The van der Waals surface area contributed by atoms with Gasteiger partial charge in [0.25, 0.3) is 0 Å². The predicted octanol–water partition coefficient (Wildman–Crippen LogP) is 3.82. The number of hydrogen-bond donors (Lipinski definition) is 0. The first kappa shape index (κ1) is 14.3. The summed E-state index contributed by atoms with van der Waals surface area (Å²) in [6, 6.07) is 13.7. The SMILES string of the molecule is CCOC(=O)c1c2cccc(C)c2nn1-c1ccccc1C. The Bertz CT molecular complexity index is 849. The predicted molar refractivity (Wildman–Crippen MR) is 86.5 cm³/mol. The van der Waals surface area contributed by atoms with Gasteiger partial charge in [-0.3, -0.25) is 0 Å². The fourth-order valence-corrected chi connectivity index (χ4v) is 2.62. The summed E-state index contributed by atoms with van der Waals surface area (Å²) in [7, 11) is 0. The van der Waals surface area contributed by atoms with E-state index in [0.29, 0.717) is 12.3 Å². The second-order valence-electron chi connectivity index (χ2n) is 5.24. The molecule has 0 aliphatic rings. The molecule has 0 radical (unpaired) electrons. The summed E-state index contributed by atoms with van der Waals surface area (Å²) in [5.41, 5.74) is 4.29. The van der Waals surface area contributed by atoms with E-state index in [1.54, 1.807) is 11.6 Å². The van der Waals surface area contributed by atoms with Crippen molar-refractivity contribution >= 4 is 16.9 Å². The van der Waals surface area contributed by atoms with Gasteiger partial charge in [-0.2, -0.15) is 5.10 Å². The second-order valence-corrected chi connectivity index (χ2v) is 5.24. The van der Waals surface area contributed by atoms with E-state index in [9.17, 15) is 4.79 Å². The molecule has 0 aliphatic heterocycles. The third-order valence-corrected chi connectivity index (χ3v) is 3.72. The maximum atomic E-state index is 12.5. The monoisotopic (exact) mass is 294 g/mol. The Morgan fingerprint density at radius 3 is 2.55 bits per heavy atom. The van der Waals surface area contributed by atoms with Crippen LogP contribution in [0.1, 0.15) is 28.5 Å². The minimum atomic E-state index is -0.348. The van der Waals surface area contributed by atoms with E-state index in [1.807, 2.05) is 56.3 Å². The number of aryl methyl sites for hydroxylation is 2. The number of esters is 1. The van der Waals surface area contributed by atoms with Crippen molar-refractivity contribution in [2.24, 2.45) is 0 Å². The number of ether oxygens (including phenoxy) is 1. The third kappa shape index (κ3) is 2.26. The van der Waals surface area contributed by atoms with Crippen LogP contribution in [-0.4, -0.2) is 22.4 Å². The number of carbonyl (C=O) groups is 1. The third-order valence-electron chi connectivity index (χ3n) is 3.72. The van der Waals surface area contributed by atoms with E-state index in [1.165, 1.54) is 0 Å². The first-order valence-corrected chi connectivity index (χ1v) is 7.35. The lowest BCUT2D eigenvalue weighted by Gasteiger charge is -2.09. The molecule has 2 aromatic carbocycles. The van der Waals surface area contributed by atoms with Crippen LogP contribution < -0.4 is 0 Å². The molecule has 0 atom stereocenters. The Hall–Kier alpha value is -2.62. The van der Waals surface area contributed by atoms with Gasteiger partial charge in [0.15, 0.2) is 5.69 Å². The molecule has 112 valence electrons. The lowest BCUT2D eigenvalue weighted by molar-refractivity contribution is 0.0518. The highest BCUT2D eigenvalue weighted by Gasteiger charge is 2.22. The molecule has 4 nitrogen and oxygen atoms in total. The largest absolute Gasteiger partial charge is 0.461 e. The van der Waals surface area contributed by atoms with Crippen molar-refractivity contribution < 1.29 is 9.53 Å². The van der Waals surface area contributed by atoms with Gasteiger partial charge in [-0.15, -0.1) is 0 Å². The Kier molecular flexibility index (Phi) is 3.67. The van der Waals surface area contributed by atoms with Gasteiger partial charge in [0.2, 0.25) is 0 Å². The van der Waals surface area contributed by atoms with E-state index >= 15 is 0 Å². The van der Waals surface area contributed by atoms with E-state index in [2.05, 4.69) is 5.10 Å². The Morgan fingerprint density at radius 1 is 1.09 bits per heavy atom. The number of aromatic nitrogens is 2. The summed E-state index contributed by atoms with van der Waals surface area (Å²) in [5.74, 6) is -0.348. The molecule has 0 unspecified atom stereocenters. The molecule has 0 bridgehead atoms. The molecule has 3 aromatic rings. The zero-order chi connectivity index (χ0) is 15.7. The molecule has 0 aliphatic carbocycles. The van der Waals surface area contributed by atoms with Crippen LogP contribution in [0.3, 0.4) is 0 Å². The van der Waals surface area contributed by atoms with Crippen LogP contribution in [0.15, 0.2) is 42.5 Å². The first-order chi connectivity index (χ1) is 10.6. The molecular formula is C18H18N2O2. The van der Waals surface area contributed by atoms with E-state index in [-0.39, 0.29) is 5.97 Å². The number of benzene rings is 2. The summed E-state index contributed by atoms with van der Waals surface area (Å²) >= 11 is 0. The van der Waals surface area contributed by atoms with Crippen LogP contribution in [-0.2, 0) is 4.74 Å². The Balaban J connectivity index is 2.34. The van der Waals surface area contributed by atoms with Gasteiger partial charge in [-0.25, -0.2) is 9.48 Å². The normalized spacial score (nSPS) is 10.9. The molecule has 0 saturated carbocycles. The number of fused-ring (bicyclic) bond motifs is 1. The van der Waals surface area contributed by atoms with Crippen molar-refractivity contribution in [3.63, 3.8) is 0 Å². The van der Waals surface area contributed by atoms with Crippen LogP contribution in [0.25, 0.3) is 16.6 Å².